The number of halogens is 1. The predicted molar refractivity (Wildman–Crippen MR) is 114 cm³/mol. The number of anilines is 2. The van der Waals surface area contributed by atoms with Crippen LogP contribution in [0.1, 0.15) is 36.2 Å². The van der Waals surface area contributed by atoms with Crippen molar-refractivity contribution in [3.05, 3.63) is 59.4 Å². The Labute approximate surface area is 184 Å². The predicted octanol–water partition coefficient (Wildman–Crippen LogP) is 2.15. The molecule has 1 saturated heterocycles. The number of aliphatic hydroxyl groups excluding tert-OH is 1. The van der Waals surface area contributed by atoms with Crippen LogP contribution in [0.4, 0.5) is 15.8 Å². The van der Waals surface area contributed by atoms with Crippen LogP contribution in [0.25, 0.3) is 0 Å². The molecule has 2 amide bonds. The van der Waals surface area contributed by atoms with Gasteiger partial charge in [0.1, 0.15) is 11.4 Å². The molecule has 32 heavy (non-hydrogen) atoms. The first kappa shape index (κ1) is 21.9. The van der Waals surface area contributed by atoms with Crippen molar-refractivity contribution < 1.29 is 28.6 Å². The van der Waals surface area contributed by atoms with Gasteiger partial charge in [0.05, 0.1) is 24.2 Å². The van der Waals surface area contributed by atoms with Gasteiger partial charge < -0.3 is 20.5 Å². The van der Waals surface area contributed by atoms with Crippen molar-refractivity contribution in [2.75, 3.05) is 17.2 Å². The Morgan fingerprint density at radius 2 is 2.00 bits per heavy atom. The van der Waals surface area contributed by atoms with E-state index in [-0.39, 0.29) is 13.0 Å². The van der Waals surface area contributed by atoms with Crippen molar-refractivity contribution in [3.63, 3.8) is 0 Å². The zero-order valence-corrected chi connectivity index (χ0v) is 17.6. The van der Waals surface area contributed by atoms with E-state index < -0.39 is 47.2 Å². The van der Waals surface area contributed by atoms with Crippen LogP contribution < -0.4 is 16.0 Å². The first-order valence-electron chi connectivity index (χ1n) is 10.4. The molecule has 1 fully saturated rings. The van der Waals surface area contributed by atoms with E-state index in [1.807, 2.05) is 0 Å². The number of hydrogen-bond acceptors (Lipinski definition) is 6. The molecule has 168 valence electrons. The van der Waals surface area contributed by atoms with E-state index in [1.54, 1.807) is 26.0 Å². The highest BCUT2D eigenvalue weighted by Gasteiger charge is 2.60. The van der Waals surface area contributed by atoms with Gasteiger partial charge in [0.25, 0.3) is 0 Å². The van der Waals surface area contributed by atoms with Crippen molar-refractivity contribution >= 4 is 29.2 Å². The van der Waals surface area contributed by atoms with Crippen molar-refractivity contribution in [1.82, 2.24) is 5.32 Å². The van der Waals surface area contributed by atoms with Crippen LogP contribution in [0.15, 0.2) is 42.5 Å². The van der Waals surface area contributed by atoms with Gasteiger partial charge in [0.2, 0.25) is 11.8 Å². The highest BCUT2D eigenvalue weighted by atomic mass is 19.1. The van der Waals surface area contributed by atoms with E-state index in [0.717, 1.165) is 0 Å². The van der Waals surface area contributed by atoms with Gasteiger partial charge in [-0.3, -0.25) is 14.9 Å². The van der Waals surface area contributed by atoms with Gasteiger partial charge in [-0.1, -0.05) is 0 Å². The molecule has 0 radical (unpaired) electrons. The third-order valence-corrected chi connectivity index (χ3v) is 6.00. The molecule has 4 atom stereocenters. The number of ether oxygens (including phenoxy) is 1. The number of carbonyl (C=O) groups excluding carboxylic acids is 3. The summed E-state index contributed by atoms with van der Waals surface area (Å²) in [4.78, 5) is 38.2. The van der Waals surface area contributed by atoms with Crippen molar-refractivity contribution in [2.45, 2.75) is 38.0 Å². The molecule has 0 unspecified atom stereocenters. The lowest BCUT2D eigenvalue weighted by molar-refractivity contribution is -0.130. The molecule has 2 aromatic rings. The Hall–Kier alpha value is -3.30. The largest absolute Gasteiger partial charge is 0.462 e. The normalized spacial score (nSPS) is 24.7. The fourth-order valence-corrected chi connectivity index (χ4v) is 4.42. The second-order valence-corrected chi connectivity index (χ2v) is 8.02. The Morgan fingerprint density at radius 1 is 1.28 bits per heavy atom. The molecule has 0 aromatic heterocycles. The second-order valence-electron chi connectivity index (χ2n) is 8.02. The lowest BCUT2D eigenvalue weighted by Crippen LogP contribution is -2.53. The minimum atomic E-state index is -1.51. The van der Waals surface area contributed by atoms with Gasteiger partial charge >= 0.3 is 5.97 Å². The smallest absolute Gasteiger partial charge is 0.338 e. The average Bonchev–Trinajstić information content (AvgIpc) is 3.29. The number of fused-ring (bicyclic) bond motifs is 2. The van der Waals surface area contributed by atoms with Crippen molar-refractivity contribution in [2.24, 2.45) is 5.92 Å². The van der Waals surface area contributed by atoms with Crippen LogP contribution in [-0.4, -0.2) is 41.6 Å². The number of carbonyl (C=O) groups is 3. The van der Waals surface area contributed by atoms with Gasteiger partial charge in [0.15, 0.2) is 0 Å². The molecule has 0 aliphatic carbocycles. The molecule has 8 nitrogen and oxygen atoms in total. The van der Waals surface area contributed by atoms with Gasteiger partial charge in [-0.2, -0.15) is 0 Å². The maximum absolute atomic E-state index is 14.1. The minimum Gasteiger partial charge on any atom is -0.462 e. The molecule has 2 heterocycles. The van der Waals surface area contributed by atoms with E-state index >= 15 is 0 Å². The van der Waals surface area contributed by atoms with Crippen LogP contribution in [-0.2, 0) is 19.9 Å². The summed E-state index contributed by atoms with van der Waals surface area (Å²) in [5, 5.41) is 18.7. The number of aliphatic hydroxyl groups is 1. The van der Waals surface area contributed by atoms with E-state index in [4.69, 9.17) is 4.74 Å². The average molecular weight is 441 g/mol. The van der Waals surface area contributed by atoms with E-state index in [2.05, 4.69) is 16.0 Å². The van der Waals surface area contributed by atoms with E-state index in [1.165, 1.54) is 30.3 Å². The molecular formula is C23H24FN3O5. The molecule has 2 aliphatic heterocycles. The molecular weight excluding hydrogens is 417 g/mol. The van der Waals surface area contributed by atoms with Crippen LogP contribution in [0.5, 0.6) is 0 Å². The molecule has 9 heteroatoms. The summed E-state index contributed by atoms with van der Waals surface area (Å²) >= 11 is 0. The Kier molecular flexibility index (Phi) is 5.70. The second kappa shape index (κ2) is 8.33. The lowest BCUT2D eigenvalue weighted by Gasteiger charge is -2.29. The molecule has 2 aliphatic rings. The third-order valence-electron chi connectivity index (χ3n) is 6.00. The number of benzene rings is 2. The summed E-state index contributed by atoms with van der Waals surface area (Å²) in [6.07, 6.45) is -0.660. The summed E-state index contributed by atoms with van der Waals surface area (Å²) in [6, 6.07) is 9.57. The maximum Gasteiger partial charge on any atom is 0.338 e. The standard InChI is InChI=1S/C23H24FN3O5/c1-3-32-21(30)13-4-7-15(8-5-13)25-20(29)17-11-19(12(2)28)27-23(17)16-10-14(24)6-9-18(16)26-22(23)31/h4-10,12,17,19,27-28H,3,11H2,1-2H3,(H,25,29)(H,26,31)/t12-,17+,19-,23-/m1/s1. The van der Waals surface area contributed by atoms with Gasteiger partial charge in [-0.15, -0.1) is 0 Å². The molecule has 4 N–H and O–H groups in total. The van der Waals surface area contributed by atoms with Gasteiger partial charge in [-0.25, -0.2) is 9.18 Å². The molecule has 2 aromatic carbocycles. The van der Waals surface area contributed by atoms with Gasteiger partial charge in [-0.05, 0) is 62.7 Å². The Morgan fingerprint density at radius 3 is 2.66 bits per heavy atom. The van der Waals surface area contributed by atoms with E-state index in [0.29, 0.717) is 22.5 Å². The molecule has 1 spiro atoms. The number of amides is 2. The van der Waals surface area contributed by atoms with Crippen molar-refractivity contribution in [1.29, 1.82) is 0 Å². The number of nitrogens with one attached hydrogen (secondary N) is 3. The quantitative estimate of drug-likeness (QED) is 0.529. The maximum atomic E-state index is 14.1. The topological polar surface area (TPSA) is 117 Å². The van der Waals surface area contributed by atoms with Crippen molar-refractivity contribution in [3.8, 4) is 0 Å². The van der Waals surface area contributed by atoms with Gasteiger partial charge in [0, 0.05) is 23.0 Å². The summed E-state index contributed by atoms with van der Waals surface area (Å²) in [7, 11) is 0. The molecule has 4 rings (SSSR count). The SMILES string of the molecule is CCOC(=O)c1ccc(NC(=O)[C@@H]2C[C@H]([C@@H](C)O)N[C@@]23C(=O)Nc2ccc(F)cc23)cc1. The molecule has 0 saturated carbocycles. The summed E-state index contributed by atoms with van der Waals surface area (Å²) in [5.74, 6) is -2.84. The number of hydrogen-bond donors (Lipinski definition) is 4. The summed E-state index contributed by atoms with van der Waals surface area (Å²) in [5.41, 5.74) is 0.0259. The summed E-state index contributed by atoms with van der Waals surface area (Å²) in [6.45, 7) is 3.53. The van der Waals surface area contributed by atoms with Crippen LogP contribution in [0, 0.1) is 11.7 Å². The lowest BCUT2D eigenvalue weighted by atomic mass is 9.79. The highest BCUT2D eigenvalue weighted by Crippen LogP contribution is 2.47. The number of rotatable bonds is 5. The monoisotopic (exact) mass is 441 g/mol. The molecule has 0 bridgehead atoms. The van der Waals surface area contributed by atoms with Crippen LogP contribution in [0.3, 0.4) is 0 Å². The highest BCUT2D eigenvalue weighted by molar-refractivity contribution is 6.10. The van der Waals surface area contributed by atoms with E-state index in [9.17, 15) is 23.9 Å². The summed E-state index contributed by atoms with van der Waals surface area (Å²) < 4.78 is 19.0. The zero-order chi connectivity index (χ0) is 23.0. The third kappa shape index (κ3) is 3.63. The Bertz CT molecular complexity index is 1070. The Balaban J connectivity index is 1.64. The fourth-order valence-electron chi connectivity index (χ4n) is 4.42. The minimum absolute atomic E-state index is 0.174. The number of esters is 1. The zero-order valence-electron chi connectivity index (χ0n) is 17.6. The van der Waals surface area contributed by atoms with Crippen LogP contribution in [0.2, 0.25) is 0 Å². The first-order valence-corrected chi connectivity index (χ1v) is 10.4. The first-order chi connectivity index (χ1) is 15.3. The van der Waals surface area contributed by atoms with Crippen LogP contribution >= 0.6 is 0 Å². The fraction of sp³-hybridized carbons (Fsp3) is 0.348.